The molecular weight excluding hydrogens is 328 g/mol. The van der Waals surface area contributed by atoms with Gasteiger partial charge in [0.2, 0.25) is 0 Å². The number of aliphatic hydroxyl groups is 1. The van der Waals surface area contributed by atoms with E-state index in [-0.39, 0.29) is 12.6 Å². The van der Waals surface area contributed by atoms with Crippen LogP contribution in [0.5, 0.6) is 0 Å². The van der Waals surface area contributed by atoms with Crippen molar-refractivity contribution in [1.29, 1.82) is 0 Å². The van der Waals surface area contributed by atoms with Gasteiger partial charge in [-0.15, -0.1) is 22.7 Å². The molecule has 3 rings (SSSR count). The lowest BCUT2D eigenvalue weighted by molar-refractivity contribution is 0.0632. The second-order valence-corrected chi connectivity index (χ2v) is 7.65. The van der Waals surface area contributed by atoms with Crippen LogP contribution in [0.1, 0.15) is 16.7 Å². The van der Waals surface area contributed by atoms with Crippen molar-refractivity contribution in [2.45, 2.75) is 19.1 Å². The van der Waals surface area contributed by atoms with Gasteiger partial charge in [-0.2, -0.15) is 0 Å². The maximum Gasteiger partial charge on any atom is 0.315 e. The molecule has 3 N–H and O–H groups in total. The van der Waals surface area contributed by atoms with Crippen LogP contribution in [0.4, 0.5) is 4.79 Å². The van der Waals surface area contributed by atoms with Crippen LogP contribution in [0.25, 0.3) is 10.1 Å². The SMILES string of the molecule is C[C@@](O)(CNC(=O)NCc1cccs1)c1cc2ccccc2s1. The summed E-state index contributed by atoms with van der Waals surface area (Å²) in [5.41, 5.74) is -1.09. The van der Waals surface area contributed by atoms with Crippen LogP contribution < -0.4 is 10.6 Å². The molecule has 6 heteroatoms. The molecule has 0 bridgehead atoms. The Balaban J connectivity index is 1.58. The highest BCUT2D eigenvalue weighted by molar-refractivity contribution is 7.19. The van der Waals surface area contributed by atoms with E-state index in [2.05, 4.69) is 10.6 Å². The van der Waals surface area contributed by atoms with Gasteiger partial charge < -0.3 is 15.7 Å². The van der Waals surface area contributed by atoms with Crippen LogP contribution in [0.3, 0.4) is 0 Å². The lowest BCUT2D eigenvalue weighted by Crippen LogP contribution is -2.42. The number of urea groups is 1. The summed E-state index contributed by atoms with van der Waals surface area (Å²) in [5.74, 6) is 0. The fraction of sp³-hybridized carbons (Fsp3) is 0.235. The Bertz CT molecular complexity index is 761. The van der Waals surface area contributed by atoms with Gasteiger partial charge in [-0.25, -0.2) is 4.79 Å². The van der Waals surface area contributed by atoms with Crippen LogP contribution in [0, 0.1) is 0 Å². The number of thiophene rings is 2. The van der Waals surface area contributed by atoms with E-state index in [1.54, 1.807) is 29.6 Å². The first kappa shape index (κ1) is 16.0. The lowest BCUT2D eigenvalue weighted by Gasteiger charge is -2.22. The quantitative estimate of drug-likeness (QED) is 0.660. The maximum atomic E-state index is 11.9. The van der Waals surface area contributed by atoms with Gasteiger partial charge in [-0.05, 0) is 35.9 Å². The second kappa shape index (κ2) is 6.70. The molecule has 0 unspecified atom stereocenters. The van der Waals surface area contributed by atoms with Crippen molar-refractivity contribution >= 4 is 38.8 Å². The molecule has 0 saturated carbocycles. The monoisotopic (exact) mass is 346 g/mol. The van der Waals surface area contributed by atoms with E-state index in [9.17, 15) is 9.90 Å². The number of benzene rings is 1. The average Bonchev–Trinajstić information content (AvgIpc) is 3.20. The van der Waals surface area contributed by atoms with Gasteiger partial charge in [-0.1, -0.05) is 24.3 Å². The minimum atomic E-state index is -1.09. The summed E-state index contributed by atoms with van der Waals surface area (Å²) in [6.07, 6.45) is 0. The second-order valence-electron chi connectivity index (χ2n) is 5.54. The molecule has 1 atom stereocenters. The fourth-order valence-electron chi connectivity index (χ4n) is 2.23. The topological polar surface area (TPSA) is 61.4 Å². The summed E-state index contributed by atoms with van der Waals surface area (Å²) in [7, 11) is 0. The van der Waals surface area contributed by atoms with Crippen molar-refractivity contribution in [1.82, 2.24) is 10.6 Å². The first-order valence-corrected chi connectivity index (χ1v) is 9.00. The smallest absolute Gasteiger partial charge is 0.315 e. The Morgan fingerprint density at radius 3 is 2.78 bits per heavy atom. The van der Waals surface area contributed by atoms with E-state index in [1.807, 2.05) is 47.8 Å². The van der Waals surface area contributed by atoms with E-state index in [1.165, 1.54) is 0 Å². The minimum Gasteiger partial charge on any atom is -0.383 e. The Morgan fingerprint density at radius 2 is 2.04 bits per heavy atom. The molecule has 23 heavy (non-hydrogen) atoms. The van der Waals surface area contributed by atoms with Gasteiger partial charge in [-0.3, -0.25) is 0 Å². The zero-order chi connectivity index (χ0) is 16.3. The van der Waals surface area contributed by atoms with Crippen LogP contribution >= 0.6 is 22.7 Å². The summed E-state index contributed by atoms with van der Waals surface area (Å²) >= 11 is 3.14. The predicted octanol–water partition coefficient (Wildman–Crippen LogP) is 3.67. The van der Waals surface area contributed by atoms with E-state index in [0.717, 1.165) is 19.8 Å². The molecule has 4 nitrogen and oxygen atoms in total. The number of amides is 2. The molecule has 2 amide bonds. The molecule has 0 aliphatic heterocycles. The largest absolute Gasteiger partial charge is 0.383 e. The maximum absolute atomic E-state index is 11.9. The van der Waals surface area contributed by atoms with E-state index >= 15 is 0 Å². The Kier molecular flexibility index (Phi) is 4.66. The molecule has 3 aromatic rings. The van der Waals surface area contributed by atoms with Crippen molar-refractivity contribution in [2.75, 3.05) is 6.54 Å². The average molecular weight is 346 g/mol. The predicted molar refractivity (Wildman–Crippen MR) is 96.0 cm³/mol. The number of carbonyl (C=O) groups is 1. The third-order valence-corrected chi connectivity index (χ3v) is 5.80. The molecule has 2 heterocycles. The van der Waals surface area contributed by atoms with Crippen LogP contribution in [-0.2, 0) is 12.1 Å². The third-order valence-electron chi connectivity index (χ3n) is 3.55. The highest BCUT2D eigenvalue weighted by Crippen LogP contribution is 2.32. The molecule has 0 saturated heterocycles. The van der Waals surface area contributed by atoms with Crippen LogP contribution in [0.15, 0.2) is 47.8 Å². The van der Waals surface area contributed by atoms with E-state index in [0.29, 0.717) is 6.54 Å². The Labute approximate surface area is 142 Å². The first-order chi connectivity index (χ1) is 11.0. The summed E-state index contributed by atoms with van der Waals surface area (Å²) in [4.78, 5) is 13.8. The highest BCUT2D eigenvalue weighted by Gasteiger charge is 2.26. The molecule has 1 aromatic carbocycles. The van der Waals surface area contributed by atoms with Crippen molar-refractivity contribution < 1.29 is 9.90 Å². The summed E-state index contributed by atoms with van der Waals surface area (Å²) < 4.78 is 1.13. The van der Waals surface area contributed by atoms with Gasteiger partial charge in [0, 0.05) is 14.5 Å². The summed E-state index contributed by atoms with van der Waals surface area (Å²) in [5, 5.41) is 19.3. The number of hydrogen-bond donors (Lipinski definition) is 3. The Hall–Kier alpha value is -1.89. The molecule has 2 aromatic heterocycles. The molecule has 0 radical (unpaired) electrons. The lowest BCUT2D eigenvalue weighted by atomic mass is 10.0. The van der Waals surface area contributed by atoms with Crippen LogP contribution in [0.2, 0.25) is 0 Å². The number of nitrogens with one attached hydrogen (secondary N) is 2. The fourth-order valence-corrected chi connectivity index (χ4v) is 3.98. The number of carbonyl (C=O) groups excluding carboxylic acids is 1. The molecule has 0 spiro atoms. The molecule has 0 fully saturated rings. The zero-order valence-electron chi connectivity index (χ0n) is 12.7. The van der Waals surface area contributed by atoms with Gasteiger partial charge in [0.25, 0.3) is 0 Å². The standard InChI is InChI=1S/C17H18N2O2S2/c1-17(21,15-9-12-5-2-3-7-14(12)23-15)11-19-16(20)18-10-13-6-4-8-22-13/h2-9,21H,10-11H2,1H3,(H2,18,19,20)/t17-/m1/s1. The van der Waals surface area contributed by atoms with Gasteiger partial charge >= 0.3 is 6.03 Å². The van der Waals surface area contributed by atoms with Gasteiger partial charge in [0.15, 0.2) is 0 Å². The van der Waals surface area contributed by atoms with Crippen molar-refractivity contribution in [3.8, 4) is 0 Å². The van der Waals surface area contributed by atoms with E-state index in [4.69, 9.17) is 0 Å². The minimum absolute atomic E-state index is 0.163. The normalized spacial score (nSPS) is 13.7. The number of fused-ring (bicyclic) bond motifs is 1. The zero-order valence-corrected chi connectivity index (χ0v) is 14.3. The van der Waals surface area contributed by atoms with Crippen molar-refractivity contribution in [3.05, 3.63) is 57.6 Å². The highest BCUT2D eigenvalue weighted by atomic mass is 32.1. The van der Waals surface area contributed by atoms with Gasteiger partial charge in [0.1, 0.15) is 5.60 Å². The van der Waals surface area contributed by atoms with Gasteiger partial charge in [0.05, 0.1) is 13.1 Å². The number of hydrogen-bond acceptors (Lipinski definition) is 4. The van der Waals surface area contributed by atoms with E-state index < -0.39 is 5.60 Å². The number of rotatable bonds is 5. The van der Waals surface area contributed by atoms with Crippen molar-refractivity contribution in [3.63, 3.8) is 0 Å². The summed E-state index contributed by atoms with van der Waals surface area (Å²) in [6.45, 7) is 2.38. The Morgan fingerprint density at radius 1 is 1.22 bits per heavy atom. The molecule has 120 valence electrons. The molecule has 0 aliphatic carbocycles. The molecular formula is C17H18N2O2S2. The summed E-state index contributed by atoms with van der Waals surface area (Å²) in [6, 6.07) is 13.6. The van der Waals surface area contributed by atoms with Crippen LogP contribution in [-0.4, -0.2) is 17.7 Å². The first-order valence-electron chi connectivity index (χ1n) is 7.30. The molecule has 0 aliphatic rings. The third kappa shape index (κ3) is 3.90. The van der Waals surface area contributed by atoms with Crippen molar-refractivity contribution in [2.24, 2.45) is 0 Å².